The van der Waals surface area contributed by atoms with Crippen molar-refractivity contribution in [2.45, 2.75) is 13.3 Å². The van der Waals surface area contributed by atoms with Crippen LogP contribution in [0.4, 0.5) is 4.39 Å². The Balaban J connectivity index is 2.11. The third-order valence-electron chi connectivity index (χ3n) is 3.99. The fraction of sp³-hybridized carbons (Fsp3) is 0.300. The summed E-state index contributed by atoms with van der Waals surface area (Å²) in [6.45, 7) is 2.43. The van der Waals surface area contributed by atoms with Crippen LogP contribution in [0, 0.1) is 11.7 Å². The zero-order valence-electron chi connectivity index (χ0n) is 14.4. The molecule has 0 spiro atoms. The first-order valence-corrected chi connectivity index (χ1v) is 8.18. The predicted molar refractivity (Wildman–Crippen MR) is 93.6 cm³/mol. The monoisotopic (exact) mass is 343 g/mol. The van der Waals surface area contributed by atoms with Crippen LogP contribution in [-0.2, 0) is 16.0 Å². The first-order valence-electron chi connectivity index (χ1n) is 8.18. The third kappa shape index (κ3) is 5.41. The number of carbonyl (C=O) groups is 2. The Morgan fingerprint density at radius 1 is 1.08 bits per heavy atom. The number of rotatable bonds is 7. The molecule has 0 heterocycles. The summed E-state index contributed by atoms with van der Waals surface area (Å²) in [7, 11) is 1.33. The van der Waals surface area contributed by atoms with Gasteiger partial charge in [-0.15, -0.1) is 0 Å². The highest BCUT2D eigenvalue weighted by molar-refractivity contribution is 5.94. The van der Waals surface area contributed by atoms with Crippen molar-refractivity contribution >= 4 is 11.9 Å². The molecule has 2 rings (SSSR count). The van der Waals surface area contributed by atoms with Gasteiger partial charge in [-0.25, -0.2) is 4.39 Å². The summed E-state index contributed by atoms with van der Waals surface area (Å²) in [5.41, 5.74) is 1.50. The number of hydrogen-bond acceptors (Lipinski definition) is 3. The lowest BCUT2D eigenvalue weighted by Gasteiger charge is -2.25. The minimum atomic E-state index is -0.425. The second-order valence-electron chi connectivity index (χ2n) is 5.92. The van der Waals surface area contributed by atoms with Crippen LogP contribution in [0.1, 0.15) is 22.8 Å². The third-order valence-corrected chi connectivity index (χ3v) is 3.99. The zero-order valence-corrected chi connectivity index (χ0v) is 14.4. The van der Waals surface area contributed by atoms with Crippen LogP contribution in [0.5, 0.6) is 0 Å². The smallest absolute Gasteiger partial charge is 0.310 e. The fourth-order valence-electron chi connectivity index (χ4n) is 2.56. The lowest BCUT2D eigenvalue weighted by molar-refractivity contribution is -0.145. The summed E-state index contributed by atoms with van der Waals surface area (Å²) < 4.78 is 17.8. The largest absolute Gasteiger partial charge is 0.469 e. The Bertz CT molecular complexity index is 701. The summed E-state index contributed by atoms with van der Waals surface area (Å²) in [4.78, 5) is 26.1. The van der Waals surface area contributed by atoms with Crippen molar-refractivity contribution in [1.29, 1.82) is 0 Å². The van der Waals surface area contributed by atoms with E-state index >= 15 is 0 Å². The normalized spacial score (nSPS) is 11.6. The Labute approximate surface area is 147 Å². The number of ether oxygens (including phenoxy) is 1. The van der Waals surface area contributed by atoms with E-state index in [4.69, 9.17) is 4.74 Å². The molecule has 0 aliphatic heterocycles. The number of carbonyl (C=O) groups excluding carboxylic acids is 2. The maximum absolute atomic E-state index is 13.0. The molecular weight excluding hydrogens is 321 g/mol. The molecule has 2 aromatic rings. The van der Waals surface area contributed by atoms with Gasteiger partial charge in [0.1, 0.15) is 5.82 Å². The van der Waals surface area contributed by atoms with Crippen molar-refractivity contribution in [1.82, 2.24) is 4.90 Å². The lowest BCUT2D eigenvalue weighted by atomic mass is 10.1. The molecule has 0 radical (unpaired) electrons. The number of halogens is 1. The van der Waals surface area contributed by atoms with Gasteiger partial charge < -0.3 is 9.64 Å². The van der Waals surface area contributed by atoms with E-state index < -0.39 is 5.92 Å². The summed E-state index contributed by atoms with van der Waals surface area (Å²) in [5.74, 6) is -1.21. The predicted octanol–water partition coefficient (Wildman–Crippen LogP) is 3.32. The van der Waals surface area contributed by atoms with Crippen molar-refractivity contribution in [2.24, 2.45) is 5.92 Å². The molecular formula is C20H22FNO3. The second-order valence-corrected chi connectivity index (χ2v) is 5.92. The molecule has 0 N–H and O–H groups in total. The fourth-order valence-corrected chi connectivity index (χ4v) is 2.56. The van der Waals surface area contributed by atoms with Crippen LogP contribution in [0.2, 0.25) is 0 Å². The Kier molecular flexibility index (Phi) is 6.69. The molecule has 4 nitrogen and oxygen atoms in total. The molecule has 0 aliphatic rings. The molecule has 0 fully saturated rings. The summed E-state index contributed by atoms with van der Waals surface area (Å²) in [5, 5.41) is 0. The van der Waals surface area contributed by atoms with Gasteiger partial charge in [-0.2, -0.15) is 0 Å². The molecule has 1 unspecified atom stereocenters. The van der Waals surface area contributed by atoms with Gasteiger partial charge in [0.15, 0.2) is 0 Å². The average Bonchev–Trinajstić information content (AvgIpc) is 2.65. The summed E-state index contributed by atoms with van der Waals surface area (Å²) >= 11 is 0. The van der Waals surface area contributed by atoms with Gasteiger partial charge in [0.2, 0.25) is 0 Å². The summed E-state index contributed by atoms with van der Waals surface area (Å²) in [6.07, 6.45) is 0.576. The van der Waals surface area contributed by atoms with Gasteiger partial charge in [-0.1, -0.05) is 37.3 Å². The van der Waals surface area contributed by atoms with E-state index in [1.54, 1.807) is 48.2 Å². The number of nitrogens with zero attached hydrogens (tertiary/aromatic N) is 1. The van der Waals surface area contributed by atoms with Gasteiger partial charge >= 0.3 is 5.97 Å². The minimum absolute atomic E-state index is 0.140. The van der Waals surface area contributed by atoms with Crippen LogP contribution < -0.4 is 0 Å². The molecule has 2 aromatic carbocycles. The van der Waals surface area contributed by atoms with Crippen molar-refractivity contribution in [3.63, 3.8) is 0 Å². The van der Waals surface area contributed by atoms with Gasteiger partial charge in [-0.05, 0) is 36.2 Å². The molecule has 1 amide bonds. The van der Waals surface area contributed by atoms with Crippen LogP contribution >= 0.6 is 0 Å². The van der Waals surface area contributed by atoms with Gasteiger partial charge in [0.25, 0.3) is 5.91 Å². The quantitative estimate of drug-likeness (QED) is 0.725. The molecule has 1 atom stereocenters. The standard InChI is InChI=1S/C20H22FNO3/c1-15(20(24)25-2)14-22(19(23)17-6-4-3-5-7-17)13-12-16-8-10-18(21)11-9-16/h3-11,15H,12-14H2,1-2H3. The number of methoxy groups -OCH3 is 1. The Morgan fingerprint density at radius 3 is 2.32 bits per heavy atom. The lowest BCUT2D eigenvalue weighted by Crippen LogP contribution is -2.38. The van der Waals surface area contributed by atoms with Gasteiger partial charge in [-0.3, -0.25) is 9.59 Å². The topological polar surface area (TPSA) is 46.6 Å². The van der Waals surface area contributed by atoms with Crippen molar-refractivity contribution in [2.75, 3.05) is 20.2 Å². The van der Waals surface area contributed by atoms with Crippen LogP contribution in [0.3, 0.4) is 0 Å². The van der Waals surface area contributed by atoms with Crippen LogP contribution in [-0.4, -0.2) is 37.0 Å². The molecule has 0 bridgehead atoms. The SMILES string of the molecule is COC(=O)C(C)CN(CCc1ccc(F)cc1)C(=O)c1ccccc1. The Morgan fingerprint density at radius 2 is 1.72 bits per heavy atom. The molecule has 0 saturated carbocycles. The average molecular weight is 343 g/mol. The first kappa shape index (κ1) is 18.6. The van der Waals surface area contributed by atoms with E-state index in [0.717, 1.165) is 5.56 Å². The van der Waals surface area contributed by atoms with Crippen molar-refractivity contribution in [3.8, 4) is 0 Å². The molecule has 25 heavy (non-hydrogen) atoms. The number of benzene rings is 2. The van der Waals surface area contributed by atoms with E-state index in [2.05, 4.69) is 0 Å². The molecule has 0 aromatic heterocycles. The molecule has 132 valence electrons. The second kappa shape index (κ2) is 8.97. The maximum Gasteiger partial charge on any atom is 0.310 e. The highest BCUT2D eigenvalue weighted by Gasteiger charge is 2.22. The molecule has 0 saturated heterocycles. The molecule has 0 aliphatic carbocycles. The van der Waals surface area contributed by atoms with Crippen molar-refractivity contribution in [3.05, 3.63) is 71.5 Å². The van der Waals surface area contributed by atoms with Crippen LogP contribution in [0.25, 0.3) is 0 Å². The first-order chi connectivity index (χ1) is 12.0. The minimum Gasteiger partial charge on any atom is -0.469 e. The maximum atomic E-state index is 13.0. The highest BCUT2D eigenvalue weighted by Crippen LogP contribution is 2.11. The highest BCUT2D eigenvalue weighted by atomic mass is 19.1. The number of amides is 1. The van der Waals surface area contributed by atoms with Crippen LogP contribution in [0.15, 0.2) is 54.6 Å². The number of esters is 1. The van der Waals surface area contributed by atoms with Crippen molar-refractivity contribution < 1.29 is 18.7 Å². The zero-order chi connectivity index (χ0) is 18.2. The number of hydrogen-bond donors (Lipinski definition) is 0. The molecule has 5 heteroatoms. The Hall–Kier alpha value is -2.69. The summed E-state index contributed by atoms with van der Waals surface area (Å²) in [6, 6.07) is 15.1. The van der Waals surface area contributed by atoms with E-state index in [0.29, 0.717) is 18.5 Å². The van der Waals surface area contributed by atoms with E-state index in [9.17, 15) is 14.0 Å². The van der Waals surface area contributed by atoms with E-state index in [1.807, 2.05) is 6.07 Å². The van der Waals surface area contributed by atoms with E-state index in [1.165, 1.54) is 19.2 Å². The van der Waals surface area contributed by atoms with Gasteiger partial charge in [0, 0.05) is 18.7 Å². The van der Waals surface area contributed by atoms with Gasteiger partial charge in [0.05, 0.1) is 13.0 Å². The van der Waals surface area contributed by atoms with E-state index in [-0.39, 0.29) is 24.2 Å².